The Morgan fingerprint density at radius 3 is 2.26 bits per heavy atom. The molecule has 27 heavy (non-hydrogen) atoms. The average molecular weight is 375 g/mol. The maximum absolute atomic E-state index is 9.38. The summed E-state index contributed by atoms with van der Waals surface area (Å²) < 4.78 is 2.26. The van der Waals surface area contributed by atoms with Gasteiger partial charge in [-0.15, -0.1) is 11.8 Å². The number of aliphatic hydroxyl groups is 1. The lowest BCUT2D eigenvalue weighted by molar-refractivity contribution is 0.280. The van der Waals surface area contributed by atoms with Gasteiger partial charge in [0.25, 0.3) is 0 Å². The number of aryl methyl sites for hydroxylation is 1. The summed E-state index contributed by atoms with van der Waals surface area (Å²) in [7, 11) is 0. The summed E-state index contributed by atoms with van der Waals surface area (Å²) in [6.45, 7) is 0.929. The molecule has 0 bridgehead atoms. The van der Waals surface area contributed by atoms with E-state index in [0.717, 1.165) is 23.4 Å². The van der Waals surface area contributed by atoms with Gasteiger partial charge >= 0.3 is 0 Å². The molecule has 1 heterocycles. The summed E-state index contributed by atoms with van der Waals surface area (Å²) in [6, 6.07) is 29.2. The van der Waals surface area contributed by atoms with E-state index >= 15 is 0 Å². The number of nitrogens with zero attached hydrogens (tertiary/aromatic N) is 2. The van der Waals surface area contributed by atoms with E-state index in [1.54, 1.807) is 0 Å². The first-order chi connectivity index (χ1) is 13.4. The lowest BCUT2D eigenvalue weighted by Crippen LogP contribution is -2.09. The highest BCUT2D eigenvalue weighted by atomic mass is 32.2. The van der Waals surface area contributed by atoms with Crippen molar-refractivity contribution >= 4 is 22.8 Å². The Morgan fingerprint density at radius 1 is 0.852 bits per heavy atom. The molecule has 0 aliphatic heterocycles. The second-order valence-electron chi connectivity index (χ2n) is 6.41. The molecule has 4 rings (SSSR count). The third kappa shape index (κ3) is 3.92. The van der Waals surface area contributed by atoms with Crippen molar-refractivity contribution in [1.29, 1.82) is 0 Å². The van der Waals surface area contributed by atoms with Crippen LogP contribution in [0.2, 0.25) is 0 Å². The Labute approximate surface area is 163 Å². The van der Waals surface area contributed by atoms with Crippen LogP contribution >= 0.6 is 11.8 Å². The minimum absolute atomic E-state index is 0.0830. The van der Waals surface area contributed by atoms with Crippen LogP contribution < -0.4 is 0 Å². The van der Waals surface area contributed by atoms with Crippen LogP contribution in [0.1, 0.15) is 23.1 Å². The quantitative estimate of drug-likeness (QED) is 0.446. The van der Waals surface area contributed by atoms with Crippen molar-refractivity contribution in [3.63, 3.8) is 0 Å². The number of fused-ring (bicyclic) bond motifs is 1. The fourth-order valence-electron chi connectivity index (χ4n) is 3.29. The molecule has 0 amide bonds. The third-order valence-corrected chi connectivity index (χ3v) is 5.82. The van der Waals surface area contributed by atoms with E-state index in [9.17, 15) is 5.11 Å². The highest BCUT2D eigenvalue weighted by Gasteiger charge is 2.23. The minimum Gasteiger partial charge on any atom is -0.396 e. The maximum Gasteiger partial charge on any atom is 0.127 e. The Balaban J connectivity index is 1.84. The summed E-state index contributed by atoms with van der Waals surface area (Å²) in [5.41, 5.74) is 3.35. The number of aliphatic hydroxyl groups excluding tert-OH is 1. The van der Waals surface area contributed by atoms with Gasteiger partial charge in [0.2, 0.25) is 0 Å². The zero-order chi connectivity index (χ0) is 18.5. The van der Waals surface area contributed by atoms with Gasteiger partial charge in [-0.05, 0) is 36.2 Å². The molecule has 1 atom stereocenters. The van der Waals surface area contributed by atoms with Crippen LogP contribution in [0.4, 0.5) is 0 Å². The van der Waals surface area contributed by atoms with E-state index < -0.39 is 0 Å². The molecule has 3 nitrogen and oxygen atoms in total. The highest BCUT2D eigenvalue weighted by molar-refractivity contribution is 7.99. The van der Waals surface area contributed by atoms with Crippen LogP contribution in [0.15, 0.2) is 89.8 Å². The van der Waals surface area contributed by atoms with Gasteiger partial charge in [0, 0.05) is 18.0 Å². The number of rotatable bonds is 7. The second-order valence-corrected chi connectivity index (χ2v) is 7.59. The largest absolute Gasteiger partial charge is 0.396 e. The van der Waals surface area contributed by atoms with Crippen molar-refractivity contribution in [2.75, 3.05) is 6.61 Å². The van der Waals surface area contributed by atoms with Gasteiger partial charge in [-0.2, -0.15) is 0 Å². The van der Waals surface area contributed by atoms with Crippen LogP contribution in [-0.4, -0.2) is 21.3 Å². The number of thioether (sulfide) groups is 1. The molecule has 0 spiro atoms. The molecule has 4 aromatic rings. The molecule has 0 aliphatic carbocycles. The molecule has 1 aromatic heterocycles. The first-order valence-corrected chi connectivity index (χ1v) is 10.1. The van der Waals surface area contributed by atoms with Gasteiger partial charge in [-0.25, -0.2) is 4.98 Å². The van der Waals surface area contributed by atoms with Crippen LogP contribution in [0.5, 0.6) is 0 Å². The Bertz CT molecular complexity index is 999. The molecule has 0 fully saturated rings. The number of hydrogen-bond acceptors (Lipinski definition) is 3. The van der Waals surface area contributed by atoms with E-state index in [4.69, 9.17) is 4.98 Å². The van der Waals surface area contributed by atoms with Crippen molar-refractivity contribution in [3.8, 4) is 0 Å². The average Bonchev–Trinajstić information content (AvgIpc) is 3.10. The topological polar surface area (TPSA) is 38.0 Å². The summed E-state index contributed by atoms with van der Waals surface area (Å²) in [6.07, 6.45) is 0.713. The number of hydrogen-bond donors (Lipinski definition) is 1. The zero-order valence-corrected chi connectivity index (χ0v) is 15.8. The predicted molar refractivity (Wildman–Crippen MR) is 112 cm³/mol. The summed E-state index contributed by atoms with van der Waals surface area (Å²) in [5, 5.41) is 9.46. The predicted octanol–water partition coefficient (Wildman–Crippen LogP) is 5.30. The molecule has 3 aromatic carbocycles. The fourth-order valence-corrected chi connectivity index (χ4v) is 4.46. The molecular weight excluding hydrogens is 352 g/mol. The standard InChI is InChI=1S/C23H22N2OS/c26-17-9-16-25-21-15-8-7-14-20(21)24-23(25)22(18-10-3-1-4-11-18)27-19-12-5-2-6-13-19/h1-8,10-15,22,26H,9,16-17H2. The number of imidazole rings is 1. The fraction of sp³-hybridized carbons (Fsp3) is 0.174. The van der Waals surface area contributed by atoms with Crippen LogP contribution in [-0.2, 0) is 6.54 Å². The Morgan fingerprint density at radius 2 is 1.52 bits per heavy atom. The lowest BCUT2D eigenvalue weighted by atomic mass is 10.1. The van der Waals surface area contributed by atoms with Crippen LogP contribution in [0, 0.1) is 0 Å². The first-order valence-electron chi connectivity index (χ1n) is 9.19. The molecule has 0 radical (unpaired) electrons. The summed E-state index contributed by atoms with van der Waals surface area (Å²) >= 11 is 1.81. The highest BCUT2D eigenvalue weighted by Crippen LogP contribution is 2.41. The molecule has 0 saturated heterocycles. The van der Waals surface area contributed by atoms with E-state index in [2.05, 4.69) is 65.2 Å². The molecule has 1 unspecified atom stereocenters. The maximum atomic E-state index is 9.38. The SMILES string of the molecule is OCCCn1c(C(Sc2ccccc2)c2ccccc2)nc2ccccc21. The van der Waals surface area contributed by atoms with Crippen LogP contribution in [0.25, 0.3) is 11.0 Å². The van der Waals surface area contributed by atoms with Crippen molar-refractivity contribution in [1.82, 2.24) is 9.55 Å². The number of benzene rings is 3. The van der Waals surface area contributed by atoms with Crippen molar-refractivity contribution in [2.24, 2.45) is 0 Å². The zero-order valence-electron chi connectivity index (χ0n) is 15.0. The molecular formula is C23H22N2OS. The molecule has 136 valence electrons. The molecule has 0 saturated carbocycles. The van der Waals surface area contributed by atoms with Gasteiger partial charge in [0.05, 0.1) is 16.3 Å². The minimum atomic E-state index is 0.0830. The summed E-state index contributed by atoms with van der Waals surface area (Å²) in [4.78, 5) is 6.21. The van der Waals surface area contributed by atoms with Gasteiger partial charge in [0.1, 0.15) is 5.82 Å². The van der Waals surface area contributed by atoms with Gasteiger partial charge in [0.15, 0.2) is 0 Å². The van der Waals surface area contributed by atoms with E-state index in [1.807, 2.05) is 36.0 Å². The number of aromatic nitrogens is 2. The van der Waals surface area contributed by atoms with E-state index in [-0.39, 0.29) is 11.9 Å². The molecule has 4 heteroatoms. The van der Waals surface area contributed by atoms with Gasteiger partial charge < -0.3 is 9.67 Å². The third-order valence-electron chi connectivity index (χ3n) is 4.56. The number of para-hydroxylation sites is 2. The van der Waals surface area contributed by atoms with Crippen molar-refractivity contribution in [2.45, 2.75) is 23.1 Å². The van der Waals surface area contributed by atoms with Crippen molar-refractivity contribution in [3.05, 3.63) is 96.3 Å². The van der Waals surface area contributed by atoms with E-state index in [1.165, 1.54) is 10.5 Å². The lowest BCUT2D eigenvalue weighted by Gasteiger charge is -2.19. The Kier molecular flexibility index (Phi) is 5.56. The second kappa shape index (κ2) is 8.42. The normalized spacial score (nSPS) is 12.3. The monoisotopic (exact) mass is 374 g/mol. The Hall–Kier alpha value is -2.56. The molecule has 0 aliphatic rings. The van der Waals surface area contributed by atoms with E-state index in [0.29, 0.717) is 6.42 Å². The summed E-state index contributed by atoms with van der Waals surface area (Å²) in [5.74, 6) is 1.03. The first kappa shape index (κ1) is 17.8. The van der Waals surface area contributed by atoms with Gasteiger partial charge in [-0.1, -0.05) is 60.7 Å². The smallest absolute Gasteiger partial charge is 0.127 e. The van der Waals surface area contributed by atoms with Crippen molar-refractivity contribution < 1.29 is 5.11 Å². The molecule has 1 N–H and O–H groups in total. The van der Waals surface area contributed by atoms with Crippen LogP contribution in [0.3, 0.4) is 0 Å². The van der Waals surface area contributed by atoms with Gasteiger partial charge in [-0.3, -0.25) is 0 Å².